The molecule has 0 aromatic carbocycles. The molecule has 0 atom stereocenters. The minimum Gasteiger partial charge on any atom is -0.395 e. The number of aliphatic hydroxyl groups is 1. The molecule has 0 saturated carbocycles. The van der Waals surface area contributed by atoms with Crippen molar-refractivity contribution in [3.05, 3.63) is 16.7 Å². The lowest BCUT2D eigenvalue weighted by molar-refractivity contribution is 0.252. The maximum absolute atomic E-state index is 12.8. The van der Waals surface area contributed by atoms with Crippen LogP contribution >= 0.6 is 15.9 Å². The van der Waals surface area contributed by atoms with E-state index < -0.39 is 10.0 Å². The van der Waals surface area contributed by atoms with Crippen molar-refractivity contribution in [1.82, 2.24) is 9.29 Å². The van der Waals surface area contributed by atoms with Gasteiger partial charge in [-0.3, -0.25) is 0 Å². The third-order valence-corrected chi connectivity index (χ3v) is 5.24. The van der Waals surface area contributed by atoms with E-state index in [0.29, 0.717) is 23.4 Å². The van der Waals surface area contributed by atoms with Crippen molar-refractivity contribution in [3.8, 4) is 0 Å². The number of aliphatic hydroxyl groups excluding tert-OH is 1. The Kier molecular flexibility index (Phi) is 7.58. The van der Waals surface area contributed by atoms with Crippen molar-refractivity contribution in [2.45, 2.75) is 31.6 Å². The fourth-order valence-corrected chi connectivity index (χ4v) is 3.95. The van der Waals surface area contributed by atoms with Crippen molar-refractivity contribution in [2.24, 2.45) is 0 Å². The summed E-state index contributed by atoms with van der Waals surface area (Å²) in [6.45, 7) is 4.71. The van der Waals surface area contributed by atoms with Crippen LogP contribution in [0.3, 0.4) is 0 Å². The van der Waals surface area contributed by atoms with Crippen molar-refractivity contribution in [3.63, 3.8) is 0 Å². The second-order valence-corrected chi connectivity index (χ2v) is 7.33. The van der Waals surface area contributed by atoms with E-state index in [9.17, 15) is 8.42 Å². The summed E-state index contributed by atoms with van der Waals surface area (Å²) in [5.41, 5.74) is 0. The van der Waals surface area contributed by atoms with Gasteiger partial charge < -0.3 is 10.4 Å². The lowest BCUT2D eigenvalue weighted by Crippen LogP contribution is -2.35. The van der Waals surface area contributed by atoms with Crippen LogP contribution in [0.4, 0.5) is 5.82 Å². The maximum Gasteiger partial charge on any atom is 0.246 e. The van der Waals surface area contributed by atoms with E-state index >= 15 is 0 Å². The molecule has 1 heterocycles. The number of halogens is 1. The molecule has 120 valence electrons. The van der Waals surface area contributed by atoms with Gasteiger partial charge in [-0.2, -0.15) is 4.31 Å². The van der Waals surface area contributed by atoms with Gasteiger partial charge in [-0.15, -0.1) is 0 Å². The summed E-state index contributed by atoms with van der Waals surface area (Å²) in [7, 11) is -3.69. The zero-order valence-corrected chi connectivity index (χ0v) is 14.7. The first-order chi connectivity index (χ1) is 9.97. The van der Waals surface area contributed by atoms with Crippen LogP contribution in [-0.4, -0.2) is 49.1 Å². The molecule has 21 heavy (non-hydrogen) atoms. The van der Waals surface area contributed by atoms with Gasteiger partial charge in [-0.1, -0.05) is 13.3 Å². The highest BCUT2D eigenvalue weighted by Gasteiger charge is 2.27. The largest absolute Gasteiger partial charge is 0.395 e. The predicted molar refractivity (Wildman–Crippen MR) is 86.9 cm³/mol. The summed E-state index contributed by atoms with van der Waals surface area (Å²) in [5.74, 6) is 0.333. The normalized spacial score (nSPS) is 11.9. The lowest BCUT2D eigenvalue weighted by atomic mass is 10.3. The van der Waals surface area contributed by atoms with E-state index in [4.69, 9.17) is 5.11 Å². The number of pyridine rings is 1. The topological polar surface area (TPSA) is 82.5 Å². The molecule has 0 bridgehead atoms. The zero-order chi connectivity index (χ0) is 15.9. The summed E-state index contributed by atoms with van der Waals surface area (Å²) in [4.78, 5) is 4.26. The van der Waals surface area contributed by atoms with Gasteiger partial charge in [-0.25, -0.2) is 13.4 Å². The molecular formula is C13H22BrN3O3S. The third kappa shape index (κ3) is 4.91. The Morgan fingerprint density at radius 2 is 2.10 bits per heavy atom. The average molecular weight is 380 g/mol. The molecule has 0 radical (unpaired) electrons. The standard InChI is InChI=1S/C13H22BrN3O3S/c1-3-5-6-17(7-8-18)21(19,20)12-9-11(14)10-16-13(12)15-4-2/h9-10,18H,3-8H2,1-2H3,(H,15,16). The van der Waals surface area contributed by atoms with Crippen molar-refractivity contribution in [2.75, 3.05) is 31.6 Å². The monoisotopic (exact) mass is 379 g/mol. The summed E-state index contributed by atoms with van der Waals surface area (Å²) in [6, 6.07) is 1.54. The van der Waals surface area contributed by atoms with Crippen LogP contribution in [0.25, 0.3) is 0 Å². The first-order valence-electron chi connectivity index (χ1n) is 6.97. The Morgan fingerprint density at radius 1 is 1.38 bits per heavy atom. The average Bonchev–Trinajstić information content (AvgIpc) is 2.45. The van der Waals surface area contributed by atoms with Gasteiger partial charge in [0.25, 0.3) is 0 Å². The van der Waals surface area contributed by atoms with Crippen LogP contribution in [0.2, 0.25) is 0 Å². The number of aromatic nitrogens is 1. The number of hydrogen-bond donors (Lipinski definition) is 2. The summed E-state index contributed by atoms with van der Waals surface area (Å²) < 4.78 is 27.5. The van der Waals surface area contributed by atoms with Crippen LogP contribution in [0.1, 0.15) is 26.7 Å². The molecule has 0 aliphatic carbocycles. The van der Waals surface area contributed by atoms with Crippen LogP contribution in [0.15, 0.2) is 21.6 Å². The van der Waals surface area contributed by atoms with E-state index in [-0.39, 0.29) is 18.0 Å². The Morgan fingerprint density at radius 3 is 2.67 bits per heavy atom. The summed E-state index contributed by atoms with van der Waals surface area (Å²) >= 11 is 3.26. The van der Waals surface area contributed by atoms with E-state index in [1.54, 1.807) is 6.20 Å². The second kappa shape index (κ2) is 8.67. The molecule has 1 rings (SSSR count). The third-order valence-electron chi connectivity index (χ3n) is 2.89. The van der Waals surface area contributed by atoms with Gasteiger partial charge in [0.15, 0.2) is 0 Å². The first kappa shape index (κ1) is 18.3. The summed E-state index contributed by atoms with van der Waals surface area (Å²) in [5, 5.41) is 12.1. The SMILES string of the molecule is CCCCN(CCO)S(=O)(=O)c1cc(Br)cnc1NCC. The highest BCUT2D eigenvalue weighted by Crippen LogP contribution is 2.26. The quantitative estimate of drug-likeness (QED) is 0.685. The smallest absolute Gasteiger partial charge is 0.246 e. The van der Waals surface area contributed by atoms with Gasteiger partial charge in [0.05, 0.1) is 6.61 Å². The fourth-order valence-electron chi connectivity index (χ4n) is 1.85. The van der Waals surface area contributed by atoms with Gasteiger partial charge >= 0.3 is 0 Å². The van der Waals surface area contributed by atoms with Gasteiger partial charge in [-0.05, 0) is 35.3 Å². The number of nitrogens with one attached hydrogen (secondary N) is 1. The molecule has 0 spiro atoms. The zero-order valence-electron chi connectivity index (χ0n) is 12.3. The number of hydrogen-bond acceptors (Lipinski definition) is 5. The number of rotatable bonds is 9. The molecule has 0 amide bonds. The molecule has 0 saturated heterocycles. The Labute approximate surface area is 134 Å². The number of nitrogens with zero attached hydrogens (tertiary/aromatic N) is 2. The fraction of sp³-hybridized carbons (Fsp3) is 0.615. The van der Waals surface area contributed by atoms with E-state index in [2.05, 4.69) is 26.2 Å². The Bertz CT molecular complexity index is 552. The van der Waals surface area contributed by atoms with Crippen molar-refractivity contribution >= 4 is 31.8 Å². The molecule has 0 aliphatic heterocycles. The highest BCUT2D eigenvalue weighted by atomic mass is 79.9. The Balaban J connectivity index is 3.22. The Hall–Kier alpha value is -0.700. The molecule has 0 fully saturated rings. The molecule has 2 N–H and O–H groups in total. The molecule has 0 unspecified atom stereocenters. The molecule has 1 aromatic heterocycles. The molecule has 1 aromatic rings. The molecule has 8 heteroatoms. The minimum atomic E-state index is -3.69. The predicted octanol–water partition coefficient (Wildman–Crippen LogP) is 2.06. The second-order valence-electron chi connectivity index (χ2n) is 4.51. The van der Waals surface area contributed by atoms with Gasteiger partial charge in [0.2, 0.25) is 10.0 Å². The van der Waals surface area contributed by atoms with Crippen LogP contribution in [0.5, 0.6) is 0 Å². The molecule has 0 aliphatic rings. The van der Waals surface area contributed by atoms with E-state index in [0.717, 1.165) is 12.8 Å². The molecule has 6 nitrogen and oxygen atoms in total. The molecular weight excluding hydrogens is 358 g/mol. The van der Waals surface area contributed by atoms with Crippen LogP contribution in [0, 0.1) is 0 Å². The number of unbranched alkanes of at least 4 members (excludes halogenated alkanes) is 1. The van der Waals surface area contributed by atoms with Gasteiger partial charge in [0, 0.05) is 30.3 Å². The van der Waals surface area contributed by atoms with Crippen LogP contribution < -0.4 is 5.32 Å². The lowest BCUT2D eigenvalue weighted by Gasteiger charge is -2.22. The maximum atomic E-state index is 12.8. The van der Waals surface area contributed by atoms with E-state index in [1.165, 1.54) is 10.4 Å². The minimum absolute atomic E-state index is 0.0837. The van der Waals surface area contributed by atoms with Crippen molar-refractivity contribution in [1.29, 1.82) is 0 Å². The van der Waals surface area contributed by atoms with Crippen LogP contribution in [-0.2, 0) is 10.0 Å². The first-order valence-corrected chi connectivity index (χ1v) is 9.21. The summed E-state index contributed by atoms with van der Waals surface area (Å²) in [6.07, 6.45) is 3.19. The van der Waals surface area contributed by atoms with Gasteiger partial charge in [0.1, 0.15) is 10.7 Å². The van der Waals surface area contributed by atoms with E-state index in [1.807, 2.05) is 13.8 Å². The van der Waals surface area contributed by atoms with Crippen molar-refractivity contribution < 1.29 is 13.5 Å². The number of sulfonamides is 1. The number of anilines is 1. The highest BCUT2D eigenvalue weighted by molar-refractivity contribution is 9.10.